The van der Waals surface area contributed by atoms with Crippen LogP contribution in [0.15, 0.2) is 0 Å². The summed E-state index contributed by atoms with van der Waals surface area (Å²) < 4.78 is 0. The fraction of sp³-hybridized carbons (Fsp3) is 0.923. The summed E-state index contributed by atoms with van der Waals surface area (Å²) >= 11 is 0. The predicted octanol–water partition coefficient (Wildman–Crippen LogP) is 1.07. The van der Waals surface area contributed by atoms with Crippen LogP contribution in [0.5, 0.6) is 0 Å². The van der Waals surface area contributed by atoms with Crippen LogP contribution in [-0.4, -0.2) is 43.5 Å². The first-order valence-electron chi connectivity index (χ1n) is 6.68. The van der Waals surface area contributed by atoms with Crippen LogP contribution in [0.1, 0.15) is 34.1 Å². The zero-order valence-corrected chi connectivity index (χ0v) is 11.8. The molecule has 4 heteroatoms. The van der Waals surface area contributed by atoms with E-state index in [0.29, 0.717) is 24.9 Å². The minimum absolute atomic E-state index is 0.122. The van der Waals surface area contributed by atoms with E-state index in [9.17, 15) is 4.79 Å². The molecule has 0 fully saturated rings. The number of nitrogens with two attached hydrogens (primary N) is 1. The van der Waals surface area contributed by atoms with E-state index >= 15 is 0 Å². The Hall–Kier alpha value is -0.610. The van der Waals surface area contributed by atoms with Gasteiger partial charge >= 0.3 is 0 Å². The molecule has 0 aromatic carbocycles. The van der Waals surface area contributed by atoms with E-state index in [1.54, 1.807) is 0 Å². The molecule has 0 saturated heterocycles. The van der Waals surface area contributed by atoms with Gasteiger partial charge < -0.3 is 11.1 Å². The number of rotatable bonds is 9. The maximum Gasteiger partial charge on any atom is 0.234 e. The van der Waals surface area contributed by atoms with Crippen molar-refractivity contribution in [1.29, 1.82) is 0 Å². The van der Waals surface area contributed by atoms with Crippen LogP contribution in [-0.2, 0) is 4.79 Å². The average Bonchev–Trinajstić information content (AvgIpc) is 2.27. The van der Waals surface area contributed by atoms with E-state index in [-0.39, 0.29) is 5.91 Å². The molecule has 1 amide bonds. The van der Waals surface area contributed by atoms with Crippen molar-refractivity contribution in [2.45, 2.75) is 34.1 Å². The zero-order chi connectivity index (χ0) is 13.3. The van der Waals surface area contributed by atoms with Gasteiger partial charge in [-0.05, 0) is 31.3 Å². The first-order valence-corrected chi connectivity index (χ1v) is 6.68. The molecule has 17 heavy (non-hydrogen) atoms. The molecular weight excluding hydrogens is 214 g/mol. The first kappa shape index (κ1) is 16.4. The van der Waals surface area contributed by atoms with E-state index in [1.165, 1.54) is 0 Å². The van der Waals surface area contributed by atoms with Gasteiger partial charge in [-0.3, -0.25) is 9.69 Å². The molecular formula is C13H29N3O. The highest BCUT2D eigenvalue weighted by Crippen LogP contribution is 1.98. The Balaban J connectivity index is 3.82. The third kappa shape index (κ3) is 9.12. The van der Waals surface area contributed by atoms with Crippen molar-refractivity contribution in [3.63, 3.8) is 0 Å². The zero-order valence-electron chi connectivity index (χ0n) is 11.8. The molecule has 0 aliphatic heterocycles. The van der Waals surface area contributed by atoms with Gasteiger partial charge in [0.1, 0.15) is 0 Å². The summed E-state index contributed by atoms with van der Waals surface area (Å²) in [6.45, 7) is 12.2. The molecule has 0 saturated carbocycles. The van der Waals surface area contributed by atoms with Gasteiger partial charge in [0.2, 0.25) is 5.91 Å². The summed E-state index contributed by atoms with van der Waals surface area (Å²) in [7, 11) is 0. The maximum absolute atomic E-state index is 11.7. The van der Waals surface area contributed by atoms with Crippen molar-refractivity contribution in [2.75, 3.05) is 32.7 Å². The van der Waals surface area contributed by atoms with Gasteiger partial charge in [-0.2, -0.15) is 0 Å². The smallest absolute Gasteiger partial charge is 0.234 e. The molecule has 1 unspecified atom stereocenters. The van der Waals surface area contributed by atoms with Gasteiger partial charge in [0.05, 0.1) is 6.54 Å². The monoisotopic (exact) mass is 243 g/mol. The third-order valence-electron chi connectivity index (χ3n) is 2.83. The van der Waals surface area contributed by atoms with Crippen LogP contribution < -0.4 is 11.1 Å². The maximum atomic E-state index is 11.7. The quantitative estimate of drug-likeness (QED) is 0.637. The average molecular weight is 243 g/mol. The third-order valence-corrected chi connectivity index (χ3v) is 2.83. The van der Waals surface area contributed by atoms with Crippen molar-refractivity contribution >= 4 is 5.91 Å². The van der Waals surface area contributed by atoms with Crippen molar-refractivity contribution in [1.82, 2.24) is 10.2 Å². The fourth-order valence-electron chi connectivity index (χ4n) is 1.58. The SMILES string of the molecule is CCN(CC(=O)NCCC(C)C)CC(C)CN. The van der Waals surface area contributed by atoms with Crippen molar-refractivity contribution in [2.24, 2.45) is 17.6 Å². The molecule has 102 valence electrons. The molecule has 0 heterocycles. The van der Waals surface area contributed by atoms with Gasteiger partial charge in [-0.25, -0.2) is 0 Å². The van der Waals surface area contributed by atoms with Gasteiger partial charge in [0.25, 0.3) is 0 Å². The lowest BCUT2D eigenvalue weighted by molar-refractivity contribution is -0.122. The second-order valence-corrected chi connectivity index (χ2v) is 5.20. The Morgan fingerprint density at radius 1 is 1.35 bits per heavy atom. The summed E-state index contributed by atoms with van der Waals surface area (Å²) in [5.41, 5.74) is 5.59. The van der Waals surface area contributed by atoms with Gasteiger partial charge in [-0.1, -0.05) is 27.7 Å². The predicted molar refractivity (Wildman–Crippen MR) is 72.8 cm³/mol. The molecule has 1 atom stereocenters. The Bertz CT molecular complexity index is 207. The largest absolute Gasteiger partial charge is 0.355 e. The lowest BCUT2D eigenvalue weighted by Crippen LogP contribution is -2.40. The number of hydrogen-bond donors (Lipinski definition) is 2. The highest BCUT2D eigenvalue weighted by atomic mass is 16.2. The Morgan fingerprint density at radius 2 is 2.00 bits per heavy atom. The highest BCUT2D eigenvalue weighted by Gasteiger charge is 2.11. The second kappa shape index (κ2) is 9.42. The number of nitrogens with zero attached hydrogens (tertiary/aromatic N) is 1. The molecule has 0 spiro atoms. The fourth-order valence-corrected chi connectivity index (χ4v) is 1.58. The van der Waals surface area contributed by atoms with Crippen LogP contribution in [0.2, 0.25) is 0 Å². The van der Waals surface area contributed by atoms with E-state index in [0.717, 1.165) is 26.1 Å². The molecule has 0 aromatic rings. The van der Waals surface area contributed by atoms with Crippen LogP contribution in [0.25, 0.3) is 0 Å². The summed E-state index contributed by atoms with van der Waals surface area (Å²) in [6, 6.07) is 0. The second-order valence-electron chi connectivity index (χ2n) is 5.20. The van der Waals surface area contributed by atoms with Crippen LogP contribution in [0.3, 0.4) is 0 Å². The summed E-state index contributed by atoms with van der Waals surface area (Å²) in [6.07, 6.45) is 1.04. The van der Waals surface area contributed by atoms with Crippen molar-refractivity contribution in [3.8, 4) is 0 Å². The number of carbonyl (C=O) groups is 1. The van der Waals surface area contributed by atoms with E-state index in [4.69, 9.17) is 5.73 Å². The number of nitrogens with one attached hydrogen (secondary N) is 1. The topological polar surface area (TPSA) is 58.4 Å². The van der Waals surface area contributed by atoms with Crippen molar-refractivity contribution < 1.29 is 4.79 Å². The Labute approximate surface area is 106 Å². The molecule has 0 bridgehead atoms. The standard InChI is InChI=1S/C13H29N3O/c1-5-16(9-12(4)8-14)10-13(17)15-7-6-11(2)3/h11-12H,5-10,14H2,1-4H3,(H,15,17). The van der Waals surface area contributed by atoms with Crippen molar-refractivity contribution in [3.05, 3.63) is 0 Å². The highest BCUT2D eigenvalue weighted by molar-refractivity contribution is 5.77. The molecule has 3 N–H and O–H groups in total. The first-order chi connectivity index (χ1) is 7.99. The Kier molecular flexibility index (Phi) is 9.09. The summed E-state index contributed by atoms with van der Waals surface area (Å²) in [5.74, 6) is 1.20. The minimum Gasteiger partial charge on any atom is -0.355 e. The molecule has 0 radical (unpaired) electrons. The van der Waals surface area contributed by atoms with Gasteiger partial charge in [0, 0.05) is 13.1 Å². The van der Waals surface area contributed by atoms with Crippen LogP contribution >= 0.6 is 0 Å². The normalized spacial score (nSPS) is 13.1. The van der Waals surface area contributed by atoms with E-state index in [1.807, 2.05) is 0 Å². The lowest BCUT2D eigenvalue weighted by atomic mass is 10.1. The van der Waals surface area contributed by atoms with Gasteiger partial charge in [0.15, 0.2) is 0 Å². The summed E-state index contributed by atoms with van der Waals surface area (Å²) in [5, 5.41) is 2.96. The van der Waals surface area contributed by atoms with E-state index < -0.39 is 0 Å². The number of hydrogen-bond acceptors (Lipinski definition) is 3. The molecule has 0 aliphatic rings. The number of carbonyl (C=O) groups excluding carboxylic acids is 1. The summed E-state index contributed by atoms with van der Waals surface area (Å²) in [4.78, 5) is 13.8. The van der Waals surface area contributed by atoms with Crippen LogP contribution in [0, 0.1) is 11.8 Å². The molecule has 0 rings (SSSR count). The number of amides is 1. The molecule has 4 nitrogen and oxygen atoms in total. The Morgan fingerprint density at radius 3 is 2.47 bits per heavy atom. The van der Waals surface area contributed by atoms with Gasteiger partial charge in [-0.15, -0.1) is 0 Å². The number of likely N-dealkylation sites (N-methyl/N-ethyl adjacent to an activating group) is 1. The van der Waals surface area contributed by atoms with Crippen LogP contribution in [0.4, 0.5) is 0 Å². The lowest BCUT2D eigenvalue weighted by Gasteiger charge is -2.23. The molecule has 0 aromatic heterocycles. The molecule has 0 aliphatic carbocycles. The minimum atomic E-state index is 0.122. The van der Waals surface area contributed by atoms with E-state index in [2.05, 4.69) is 37.9 Å².